The van der Waals surface area contributed by atoms with Gasteiger partial charge in [0.05, 0.1) is 18.6 Å². The van der Waals surface area contributed by atoms with Crippen LogP contribution in [0.25, 0.3) is 0 Å². The zero-order valence-corrected chi connectivity index (χ0v) is 23.9. The average molecular weight is 565 g/mol. The molecule has 0 radical (unpaired) electrons. The molecule has 5 atom stereocenters. The van der Waals surface area contributed by atoms with Crippen LogP contribution in [0.1, 0.15) is 62.4 Å². The number of aromatic amines is 1. The van der Waals surface area contributed by atoms with Gasteiger partial charge < -0.3 is 45.7 Å². The van der Waals surface area contributed by atoms with E-state index in [0.717, 1.165) is 34.6 Å². The monoisotopic (exact) mass is 564 g/mol. The number of carbonyl (C=O) groups excluding carboxylic acids is 1. The molecule has 1 aromatic heterocycles. The minimum absolute atomic E-state index is 0.0970. The Morgan fingerprint density at radius 3 is 2.58 bits per heavy atom. The van der Waals surface area contributed by atoms with Gasteiger partial charge >= 0.3 is 0 Å². The molecule has 1 saturated heterocycles. The molecule has 0 aliphatic carbocycles. The maximum Gasteiger partial charge on any atom is 0.238 e. The quantitative estimate of drug-likeness (QED) is 0.159. The van der Waals surface area contributed by atoms with E-state index in [1.54, 1.807) is 13.8 Å². The van der Waals surface area contributed by atoms with Crippen molar-refractivity contribution in [3.63, 3.8) is 0 Å². The molecular weight excluding hydrogens is 520 g/mol. The van der Waals surface area contributed by atoms with Crippen LogP contribution in [0.2, 0.25) is 0 Å². The second-order valence-corrected chi connectivity index (χ2v) is 11.3. The highest BCUT2D eigenvalue weighted by molar-refractivity contribution is 5.80. The van der Waals surface area contributed by atoms with E-state index < -0.39 is 42.7 Å². The number of nitrogens with zero attached hydrogens (tertiary/aromatic N) is 1. The standard InChI is InChI=1S/C28H44N4O8/c1-15(2)21-19(25(32-31-21)40-26-24(36)23(35)22(34)20(13-33)39-26)12-17-7-8-18(11-16(17)3)38-10-6-9-30-14-28(4,5)27(29)37/h7-8,11,15,20,22-24,26,30,33-36H,6,9-10,12-14H2,1-5H3,(H2,29,37)(H,31,32)/t20?,22-,23?,24+,26+/m1/s1. The van der Waals surface area contributed by atoms with Gasteiger partial charge in [-0.1, -0.05) is 19.9 Å². The third-order valence-electron chi connectivity index (χ3n) is 7.20. The lowest BCUT2D eigenvalue weighted by atomic mass is 9.93. The van der Waals surface area contributed by atoms with Crippen molar-refractivity contribution in [2.45, 2.75) is 84.1 Å². The van der Waals surface area contributed by atoms with Crippen LogP contribution < -0.4 is 20.5 Å². The molecule has 2 aromatic rings. The van der Waals surface area contributed by atoms with Crippen molar-refractivity contribution in [3.05, 3.63) is 40.6 Å². The van der Waals surface area contributed by atoms with Gasteiger partial charge in [0.2, 0.25) is 18.1 Å². The highest BCUT2D eigenvalue weighted by Gasteiger charge is 2.45. The lowest BCUT2D eigenvalue weighted by Crippen LogP contribution is -2.60. The number of aliphatic hydroxyl groups is 4. The number of nitrogens with two attached hydrogens (primary N) is 1. The number of primary amides is 1. The topological polar surface area (TPSA) is 192 Å². The van der Waals surface area contributed by atoms with Crippen LogP contribution in [0.3, 0.4) is 0 Å². The average Bonchev–Trinajstić information content (AvgIpc) is 3.30. The second-order valence-electron chi connectivity index (χ2n) is 11.3. The fraction of sp³-hybridized carbons (Fsp3) is 0.643. The number of nitrogens with one attached hydrogen (secondary N) is 2. The SMILES string of the molecule is Cc1cc(OCCCNCC(C)(C)C(N)=O)ccc1Cc1c(O[C@@H]2OC(CO)[C@@H](O)C(O)[C@@H]2O)n[nH]c1C(C)C. The number of aromatic nitrogens is 2. The van der Waals surface area contributed by atoms with Gasteiger partial charge in [-0.25, -0.2) is 0 Å². The normalized spacial score (nSPS) is 23.4. The van der Waals surface area contributed by atoms with E-state index in [0.29, 0.717) is 26.1 Å². The number of aryl methyl sites for hydroxylation is 1. The molecule has 0 spiro atoms. The number of H-pyrrole nitrogens is 1. The molecule has 3 rings (SSSR count). The number of amides is 1. The number of hydrogen-bond acceptors (Lipinski definition) is 10. The number of benzene rings is 1. The minimum Gasteiger partial charge on any atom is -0.494 e. The van der Waals surface area contributed by atoms with Crippen LogP contribution in [0, 0.1) is 12.3 Å². The fourth-order valence-electron chi connectivity index (χ4n) is 4.40. The van der Waals surface area contributed by atoms with Gasteiger partial charge in [0.25, 0.3) is 0 Å². The van der Waals surface area contributed by atoms with Crippen molar-refractivity contribution in [2.24, 2.45) is 11.1 Å². The van der Waals surface area contributed by atoms with Gasteiger partial charge in [-0.2, -0.15) is 0 Å². The minimum atomic E-state index is -1.55. The predicted molar refractivity (Wildman–Crippen MR) is 147 cm³/mol. The molecule has 224 valence electrons. The van der Waals surface area contributed by atoms with E-state index in [1.807, 2.05) is 39.0 Å². The van der Waals surface area contributed by atoms with Crippen LogP contribution in [0.4, 0.5) is 0 Å². The largest absolute Gasteiger partial charge is 0.494 e. The molecule has 1 amide bonds. The molecule has 1 aliphatic heterocycles. The van der Waals surface area contributed by atoms with Crippen molar-refractivity contribution in [3.8, 4) is 11.6 Å². The molecule has 1 aliphatic rings. The highest BCUT2D eigenvalue weighted by Crippen LogP contribution is 2.32. The van der Waals surface area contributed by atoms with Gasteiger partial charge in [-0.05, 0) is 62.9 Å². The number of ether oxygens (including phenoxy) is 3. The van der Waals surface area contributed by atoms with Gasteiger partial charge in [0, 0.05) is 24.2 Å². The zero-order chi connectivity index (χ0) is 29.6. The van der Waals surface area contributed by atoms with Gasteiger partial charge in [-0.15, -0.1) is 5.10 Å². The van der Waals surface area contributed by atoms with E-state index >= 15 is 0 Å². The molecule has 12 nitrogen and oxygen atoms in total. The van der Waals surface area contributed by atoms with Crippen LogP contribution in [-0.4, -0.2) is 93.5 Å². The predicted octanol–water partition coefficient (Wildman–Crippen LogP) is 0.481. The van der Waals surface area contributed by atoms with Crippen LogP contribution in [-0.2, 0) is 16.0 Å². The molecule has 2 heterocycles. The zero-order valence-electron chi connectivity index (χ0n) is 23.9. The van der Waals surface area contributed by atoms with E-state index in [-0.39, 0.29) is 17.7 Å². The summed E-state index contributed by atoms with van der Waals surface area (Å²) in [6, 6.07) is 5.85. The first kappa shape index (κ1) is 31.8. The van der Waals surface area contributed by atoms with Crippen molar-refractivity contribution in [1.82, 2.24) is 15.5 Å². The number of aliphatic hydroxyl groups excluding tert-OH is 4. The first-order chi connectivity index (χ1) is 18.9. The Balaban J connectivity index is 1.64. The summed E-state index contributed by atoms with van der Waals surface area (Å²) in [5.74, 6) is 0.711. The molecule has 1 aromatic carbocycles. The molecule has 1 fully saturated rings. The Morgan fingerprint density at radius 2 is 1.95 bits per heavy atom. The summed E-state index contributed by atoms with van der Waals surface area (Å²) < 4.78 is 17.3. The van der Waals surface area contributed by atoms with E-state index in [1.165, 1.54) is 0 Å². The lowest BCUT2D eigenvalue weighted by Gasteiger charge is -2.39. The number of carbonyl (C=O) groups is 1. The summed E-state index contributed by atoms with van der Waals surface area (Å²) in [4.78, 5) is 11.4. The molecule has 0 bridgehead atoms. The lowest BCUT2D eigenvalue weighted by molar-refractivity contribution is -0.278. The summed E-state index contributed by atoms with van der Waals surface area (Å²) in [7, 11) is 0. The first-order valence-electron chi connectivity index (χ1n) is 13.6. The third-order valence-corrected chi connectivity index (χ3v) is 7.20. The highest BCUT2D eigenvalue weighted by atomic mass is 16.7. The van der Waals surface area contributed by atoms with Gasteiger partial charge in [0.15, 0.2) is 0 Å². The van der Waals surface area contributed by atoms with E-state index in [4.69, 9.17) is 19.9 Å². The smallest absolute Gasteiger partial charge is 0.238 e. The fourth-order valence-corrected chi connectivity index (χ4v) is 4.40. The van der Waals surface area contributed by atoms with Gasteiger partial charge in [-0.3, -0.25) is 9.89 Å². The Labute approximate surface area is 234 Å². The van der Waals surface area contributed by atoms with Crippen molar-refractivity contribution >= 4 is 5.91 Å². The van der Waals surface area contributed by atoms with E-state index in [9.17, 15) is 25.2 Å². The maximum atomic E-state index is 11.4. The Kier molecular flexibility index (Phi) is 10.9. The Hall–Kier alpha value is -2.74. The van der Waals surface area contributed by atoms with Crippen molar-refractivity contribution in [1.29, 1.82) is 0 Å². The molecule has 12 heteroatoms. The van der Waals surface area contributed by atoms with Crippen molar-refractivity contribution < 1.29 is 39.4 Å². The summed E-state index contributed by atoms with van der Waals surface area (Å²) in [5.41, 5.74) is 8.45. The van der Waals surface area contributed by atoms with Gasteiger partial charge in [0.1, 0.15) is 30.2 Å². The van der Waals surface area contributed by atoms with Crippen LogP contribution in [0.5, 0.6) is 11.6 Å². The summed E-state index contributed by atoms with van der Waals surface area (Å²) in [6.45, 7) is 10.8. The molecule has 8 N–H and O–H groups in total. The maximum absolute atomic E-state index is 11.4. The molecule has 40 heavy (non-hydrogen) atoms. The molecule has 2 unspecified atom stereocenters. The first-order valence-corrected chi connectivity index (χ1v) is 13.6. The van der Waals surface area contributed by atoms with E-state index in [2.05, 4.69) is 15.5 Å². The second kappa shape index (κ2) is 13.7. The molecular formula is C28H44N4O8. The summed E-state index contributed by atoms with van der Waals surface area (Å²) in [5, 5.41) is 50.6. The number of hydrogen-bond donors (Lipinski definition) is 7. The summed E-state index contributed by atoms with van der Waals surface area (Å²) in [6.07, 6.45) is -5.72. The van der Waals surface area contributed by atoms with Crippen molar-refractivity contribution in [2.75, 3.05) is 26.3 Å². The van der Waals surface area contributed by atoms with Crippen LogP contribution in [0.15, 0.2) is 18.2 Å². The Bertz CT molecular complexity index is 1120. The molecule has 0 saturated carbocycles. The van der Waals surface area contributed by atoms with Crippen LogP contribution >= 0.6 is 0 Å². The summed E-state index contributed by atoms with van der Waals surface area (Å²) >= 11 is 0. The third kappa shape index (κ3) is 7.71. The Morgan fingerprint density at radius 1 is 1.23 bits per heavy atom. The number of rotatable bonds is 14.